The highest BCUT2D eigenvalue weighted by atomic mass is 16.1. The summed E-state index contributed by atoms with van der Waals surface area (Å²) in [6, 6.07) is 3.60. The molecule has 0 aromatic carbocycles. The molecule has 64 valence electrons. The first-order valence-electron chi connectivity index (χ1n) is 4.57. The van der Waals surface area contributed by atoms with Gasteiger partial charge in [0.25, 0.3) is 0 Å². The first kappa shape index (κ1) is 7.59. The van der Waals surface area contributed by atoms with Crippen molar-refractivity contribution in [3.8, 4) is 0 Å². The summed E-state index contributed by atoms with van der Waals surface area (Å²) < 4.78 is 0. The monoisotopic (exact) mass is 163 g/mol. The molecule has 1 heterocycles. The second-order valence-corrected chi connectivity index (χ2v) is 3.39. The van der Waals surface area contributed by atoms with Crippen LogP contribution in [0.5, 0.6) is 0 Å². The molecule has 0 bridgehead atoms. The van der Waals surface area contributed by atoms with Crippen molar-refractivity contribution in [1.82, 2.24) is 4.98 Å². The SMILES string of the molecule is O=c1ccc2c([nH]1)CCCCC2. The largest absolute Gasteiger partial charge is 0.326 e. The van der Waals surface area contributed by atoms with Gasteiger partial charge in [0.15, 0.2) is 0 Å². The van der Waals surface area contributed by atoms with Gasteiger partial charge in [0, 0.05) is 11.8 Å². The van der Waals surface area contributed by atoms with E-state index in [0.29, 0.717) is 0 Å². The summed E-state index contributed by atoms with van der Waals surface area (Å²) in [5.41, 5.74) is 2.54. The molecule has 1 aromatic heterocycles. The third-order valence-corrected chi connectivity index (χ3v) is 2.47. The van der Waals surface area contributed by atoms with Gasteiger partial charge in [-0.3, -0.25) is 4.79 Å². The highest BCUT2D eigenvalue weighted by Crippen LogP contribution is 2.16. The fourth-order valence-electron chi connectivity index (χ4n) is 1.80. The Morgan fingerprint density at radius 3 is 2.83 bits per heavy atom. The minimum Gasteiger partial charge on any atom is -0.326 e. The highest BCUT2D eigenvalue weighted by Gasteiger charge is 2.07. The van der Waals surface area contributed by atoms with Gasteiger partial charge in [0.05, 0.1) is 0 Å². The molecule has 0 fully saturated rings. The zero-order valence-corrected chi connectivity index (χ0v) is 7.10. The standard InChI is InChI=1S/C10H13NO/c12-10-7-6-8-4-2-1-3-5-9(8)11-10/h6-7H,1-5H2,(H,11,12). The Balaban J connectivity index is 2.43. The van der Waals surface area contributed by atoms with Crippen LogP contribution in [0.4, 0.5) is 0 Å². The molecule has 1 aliphatic carbocycles. The topological polar surface area (TPSA) is 32.9 Å². The van der Waals surface area contributed by atoms with E-state index in [-0.39, 0.29) is 5.56 Å². The number of nitrogens with one attached hydrogen (secondary N) is 1. The van der Waals surface area contributed by atoms with E-state index in [1.165, 1.54) is 30.5 Å². The molecule has 1 aliphatic rings. The average molecular weight is 163 g/mol. The summed E-state index contributed by atoms with van der Waals surface area (Å²) in [4.78, 5) is 13.9. The second kappa shape index (κ2) is 3.13. The van der Waals surface area contributed by atoms with E-state index in [0.717, 1.165) is 12.8 Å². The lowest BCUT2D eigenvalue weighted by Crippen LogP contribution is -2.08. The lowest BCUT2D eigenvalue weighted by atomic mass is 10.1. The molecule has 0 radical (unpaired) electrons. The van der Waals surface area contributed by atoms with Gasteiger partial charge in [0.2, 0.25) is 5.56 Å². The van der Waals surface area contributed by atoms with Gasteiger partial charge in [-0.2, -0.15) is 0 Å². The molecule has 1 aromatic rings. The summed E-state index contributed by atoms with van der Waals surface area (Å²) in [7, 11) is 0. The predicted molar refractivity (Wildman–Crippen MR) is 48.3 cm³/mol. The fraction of sp³-hybridized carbons (Fsp3) is 0.500. The number of pyridine rings is 1. The molecule has 0 aliphatic heterocycles. The minimum absolute atomic E-state index is 0.0376. The van der Waals surface area contributed by atoms with E-state index in [2.05, 4.69) is 4.98 Å². The quantitative estimate of drug-likeness (QED) is 0.579. The molecule has 0 saturated heterocycles. The zero-order valence-electron chi connectivity index (χ0n) is 7.10. The van der Waals surface area contributed by atoms with Crippen LogP contribution in [0.15, 0.2) is 16.9 Å². The van der Waals surface area contributed by atoms with Crippen LogP contribution >= 0.6 is 0 Å². The molecule has 0 spiro atoms. The molecular formula is C10H13NO. The van der Waals surface area contributed by atoms with Gasteiger partial charge in [-0.25, -0.2) is 0 Å². The van der Waals surface area contributed by atoms with Crippen LogP contribution in [-0.2, 0) is 12.8 Å². The van der Waals surface area contributed by atoms with Crippen LogP contribution in [0.2, 0.25) is 0 Å². The number of aromatic amines is 1. The van der Waals surface area contributed by atoms with Crippen LogP contribution in [0, 0.1) is 0 Å². The van der Waals surface area contributed by atoms with E-state index in [1.54, 1.807) is 6.07 Å². The van der Waals surface area contributed by atoms with Gasteiger partial charge in [-0.15, -0.1) is 0 Å². The molecule has 0 amide bonds. The van der Waals surface area contributed by atoms with Crippen LogP contribution in [-0.4, -0.2) is 4.98 Å². The summed E-state index contributed by atoms with van der Waals surface area (Å²) in [6.07, 6.45) is 5.94. The molecule has 0 saturated carbocycles. The predicted octanol–water partition coefficient (Wildman–Crippen LogP) is 1.64. The van der Waals surface area contributed by atoms with Crippen LogP contribution in [0.1, 0.15) is 30.5 Å². The third kappa shape index (κ3) is 1.42. The first-order valence-corrected chi connectivity index (χ1v) is 4.57. The summed E-state index contributed by atoms with van der Waals surface area (Å²) in [5.74, 6) is 0. The van der Waals surface area contributed by atoms with Gasteiger partial charge in [0.1, 0.15) is 0 Å². The normalized spacial score (nSPS) is 16.7. The molecule has 0 atom stereocenters. The molecular weight excluding hydrogens is 150 g/mol. The molecule has 2 heteroatoms. The Morgan fingerprint density at radius 2 is 1.92 bits per heavy atom. The Morgan fingerprint density at radius 1 is 1.08 bits per heavy atom. The maximum atomic E-state index is 11.0. The van der Waals surface area contributed by atoms with E-state index >= 15 is 0 Å². The summed E-state index contributed by atoms with van der Waals surface area (Å²) >= 11 is 0. The van der Waals surface area contributed by atoms with Gasteiger partial charge in [-0.05, 0) is 31.2 Å². The number of aromatic nitrogens is 1. The number of aryl methyl sites for hydroxylation is 2. The Labute approximate surface area is 71.6 Å². The van der Waals surface area contributed by atoms with Gasteiger partial charge < -0.3 is 4.98 Å². The first-order chi connectivity index (χ1) is 5.86. The summed E-state index contributed by atoms with van der Waals surface area (Å²) in [5, 5.41) is 0. The van der Waals surface area contributed by atoms with Crippen molar-refractivity contribution >= 4 is 0 Å². The zero-order chi connectivity index (χ0) is 8.39. The van der Waals surface area contributed by atoms with Crippen LogP contribution < -0.4 is 5.56 Å². The van der Waals surface area contributed by atoms with E-state index < -0.39 is 0 Å². The van der Waals surface area contributed by atoms with Crippen molar-refractivity contribution in [2.24, 2.45) is 0 Å². The highest BCUT2D eigenvalue weighted by molar-refractivity contribution is 5.20. The number of hydrogen-bond acceptors (Lipinski definition) is 1. The minimum atomic E-state index is 0.0376. The van der Waals surface area contributed by atoms with Crippen LogP contribution in [0.25, 0.3) is 0 Å². The molecule has 2 nitrogen and oxygen atoms in total. The number of H-pyrrole nitrogens is 1. The molecule has 2 rings (SSSR count). The maximum Gasteiger partial charge on any atom is 0.248 e. The van der Waals surface area contributed by atoms with Gasteiger partial charge in [-0.1, -0.05) is 12.5 Å². The smallest absolute Gasteiger partial charge is 0.248 e. The van der Waals surface area contributed by atoms with E-state index in [1.807, 2.05) is 6.07 Å². The number of hydrogen-bond donors (Lipinski definition) is 1. The molecule has 12 heavy (non-hydrogen) atoms. The van der Waals surface area contributed by atoms with Gasteiger partial charge >= 0.3 is 0 Å². The Bertz CT molecular complexity index is 327. The third-order valence-electron chi connectivity index (χ3n) is 2.47. The fourth-order valence-corrected chi connectivity index (χ4v) is 1.80. The van der Waals surface area contributed by atoms with Crippen molar-refractivity contribution in [3.63, 3.8) is 0 Å². The van der Waals surface area contributed by atoms with Crippen molar-refractivity contribution < 1.29 is 0 Å². The van der Waals surface area contributed by atoms with Crippen molar-refractivity contribution in [1.29, 1.82) is 0 Å². The summed E-state index contributed by atoms with van der Waals surface area (Å²) in [6.45, 7) is 0. The van der Waals surface area contributed by atoms with Crippen molar-refractivity contribution in [2.45, 2.75) is 32.1 Å². The van der Waals surface area contributed by atoms with E-state index in [4.69, 9.17) is 0 Å². The number of rotatable bonds is 0. The molecule has 0 unspecified atom stereocenters. The van der Waals surface area contributed by atoms with Crippen molar-refractivity contribution in [3.05, 3.63) is 33.7 Å². The second-order valence-electron chi connectivity index (χ2n) is 3.39. The van der Waals surface area contributed by atoms with Crippen LogP contribution in [0.3, 0.4) is 0 Å². The maximum absolute atomic E-state index is 11.0. The Hall–Kier alpha value is -1.05. The average Bonchev–Trinajstić information content (AvgIpc) is 2.28. The van der Waals surface area contributed by atoms with E-state index in [9.17, 15) is 4.79 Å². The lowest BCUT2D eigenvalue weighted by molar-refractivity contribution is 0.708. The number of fused-ring (bicyclic) bond motifs is 1. The Kier molecular flexibility index (Phi) is 1.98. The lowest BCUT2D eigenvalue weighted by Gasteiger charge is -2.02. The van der Waals surface area contributed by atoms with Crippen molar-refractivity contribution in [2.75, 3.05) is 0 Å². The molecule has 1 N–H and O–H groups in total.